The van der Waals surface area contributed by atoms with Gasteiger partial charge in [0.1, 0.15) is 0 Å². The van der Waals surface area contributed by atoms with Crippen molar-refractivity contribution < 1.29 is 21.5 Å². The number of halogens is 1. The molecule has 2 nitrogen and oxygen atoms in total. The van der Waals surface area contributed by atoms with Gasteiger partial charge in [-0.15, -0.1) is 0 Å². The summed E-state index contributed by atoms with van der Waals surface area (Å²) in [7, 11) is 2.29. The van der Waals surface area contributed by atoms with E-state index in [9.17, 15) is 0 Å². The summed E-state index contributed by atoms with van der Waals surface area (Å²) >= 11 is 0. The highest BCUT2D eigenvalue weighted by molar-refractivity contribution is 4.67. The second-order valence-corrected chi connectivity index (χ2v) is 3.29. The van der Waals surface area contributed by atoms with E-state index in [4.69, 9.17) is 0 Å². The van der Waals surface area contributed by atoms with Gasteiger partial charge in [0.15, 0.2) is 0 Å². The van der Waals surface area contributed by atoms with E-state index in [2.05, 4.69) is 18.9 Å². The number of nitrogens with one attached hydrogen (secondary N) is 1. The number of hydrogen-bond acceptors (Lipinski definition) is 1. The van der Waals surface area contributed by atoms with Crippen molar-refractivity contribution in [1.29, 1.82) is 0 Å². The number of piperazine rings is 1. The molecule has 0 unspecified atom stereocenters. The van der Waals surface area contributed by atoms with E-state index in [1.165, 1.54) is 13.1 Å². The molecule has 0 spiro atoms. The normalized spacial score (nSPS) is 21.9. The monoisotopic (exact) mass is 220 g/mol. The second kappa shape index (κ2) is 4.91. The first-order valence-electron chi connectivity index (χ1n) is 3.92. The van der Waals surface area contributed by atoms with Crippen molar-refractivity contribution in [2.24, 2.45) is 0 Å². The van der Waals surface area contributed by atoms with Crippen molar-refractivity contribution >= 4 is 0 Å². The molecule has 1 aliphatic rings. The molecule has 1 saturated heterocycles. The van der Waals surface area contributed by atoms with Crippen LogP contribution in [0.2, 0.25) is 0 Å². The summed E-state index contributed by atoms with van der Waals surface area (Å²) in [6, 6.07) is 0. The molecule has 0 aromatic carbocycles. The molecule has 1 fully saturated rings. The highest BCUT2D eigenvalue weighted by atomic mass is 79.9. The molecule has 1 aliphatic heterocycles. The van der Waals surface area contributed by atoms with Crippen molar-refractivity contribution in [2.45, 2.75) is 0 Å². The fourth-order valence-corrected chi connectivity index (χ4v) is 1.43. The lowest BCUT2D eigenvalue weighted by Crippen LogP contribution is -3.00. The van der Waals surface area contributed by atoms with Gasteiger partial charge in [-0.3, -0.25) is 0 Å². The van der Waals surface area contributed by atoms with Crippen molar-refractivity contribution in [3.63, 3.8) is 0 Å². The lowest BCUT2D eigenvalue weighted by Gasteiger charge is -2.37. The zero-order valence-electron chi connectivity index (χ0n) is 7.15. The number of quaternary nitrogens is 1. The molecule has 0 saturated carbocycles. The summed E-state index contributed by atoms with van der Waals surface area (Å²) in [6.07, 6.45) is 2.02. The van der Waals surface area contributed by atoms with Gasteiger partial charge < -0.3 is 26.8 Å². The lowest BCUT2D eigenvalue weighted by molar-refractivity contribution is -0.905. The van der Waals surface area contributed by atoms with Crippen LogP contribution in [0.4, 0.5) is 0 Å². The zero-order valence-corrected chi connectivity index (χ0v) is 8.73. The van der Waals surface area contributed by atoms with Crippen LogP contribution in [0.3, 0.4) is 0 Å². The van der Waals surface area contributed by atoms with Gasteiger partial charge in [-0.25, -0.2) is 0 Å². The van der Waals surface area contributed by atoms with Crippen molar-refractivity contribution in [1.82, 2.24) is 5.32 Å². The Morgan fingerprint density at radius 3 is 2.45 bits per heavy atom. The third-order valence-corrected chi connectivity index (χ3v) is 2.23. The van der Waals surface area contributed by atoms with Crippen LogP contribution in [0, 0.1) is 0 Å². The van der Waals surface area contributed by atoms with Crippen molar-refractivity contribution in [2.75, 3.05) is 39.8 Å². The largest absolute Gasteiger partial charge is 1.00 e. The van der Waals surface area contributed by atoms with E-state index >= 15 is 0 Å². The molecular weight excluding hydrogens is 204 g/mol. The van der Waals surface area contributed by atoms with Gasteiger partial charge in [0.05, 0.1) is 26.7 Å². The standard InChI is InChI=1S/C8H17N2.BrH/c1-3-6-10(2)7-4-9-5-8-10;/h3,9H,1,4-8H2,2H3;1H/q+1;/p-1. The maximum absolute atomic E-state index is 3.76. The van der Waals surface area contributed by atoms with Gasteiger partial charge in [0.25, 0.3) is 0 Å². The second-order valence-electron chi connectivity index (χ2n) is 3.29. The Balaban J connectivity index is 0.000001000. The van der Waals surface area contributed by atoms with Gasteiger partial charge in [-0.1, -0.05) is 6.58 Å². The average Bonchev–Trinajstić information content (AvgIpc) is 1.89. The molecule has 1 N–H and O–H groups in total. The highest BCUT2D eigenvalue weighted by Crippen LogP contribution is 2.03. The maximum Gasteiger partial charge on any atom is 0.0969 e. The van der Waals surface area contributed by atoms with Crippen LogP contribution in [-0.2, 0) is 0 Å². The topological polar surface area (TPSA) is 12.0 Å². The van der Waals surface area contributed by atoms with Crippen molar-refractivity contribution in [3.8, 4) is 0 Å². The fourth-order valence-electron chi connectivity index (χ4n) is 1.43. The molecule has 1 heterocycles. The highest BCUT2D eigenvalue weighted by Gasteiger charge is 2.21. The van der Waals surface area contributed by atoms with Gasteiger partial charge in [0, 0.05) is 13.1 Å². The van der Waals surface area contributed by atoms with Crippen LogP contribution in [0.25, 0.3) is 0 Å². The minimum Gasteiger partial charge on any atom is -1.00 e. The van der Waals surface area contributed by atoms with Gasteiger partial charge in [-0.2, -0.15) is 0 Å². The molecule has 3 heteroatoms. The zero-order chi connectivity index (χ0) is 7.45. The van der Waals surface area contributed by atoms with E-state index < -0.39 is 0 Å². The van der Waals surface area contributed by atoms with Crippen LogP contribution in [0.1, 0.15) is 0 Å². The minimum atomic E-state index is 0. The third-order valence-electron chi connectivity index (χ3n) is 2.23. The smallest absolute Gasteiger partial charge is 0.0969 e. The molecule has 0 aromatic rings. The SMILES string of the molecule is C=CC[N+]1(C)CCNCC1.[Br-]. The quantitative estimate of drug-likeness (QED) is 0.393. The first kappa shape index (κ1) is 11.1. The van der Waals surface area contributed by atoms with Crippen molar-refractivity contribution in [3.05, 3.63) is 12.7 Å². The van der Waals surface area contributed by atoms with Crippen LogP contribution in [-0.4, -0.2) is 44.3 Å². The average molecular weight is 221 g/mol. The van der Waals surface area contributed by atoms with Crippen LogP contribution in [0.5, 0.6) is 0 Å². The Kier molecular flexibility index (Phi) is 4.97. The van der Waals surface area contributed by atoms with E-state index in [0.29, 0.717) is 0 Å². The number of likely N-dealkylation sites (N-methyl/N-ethyl adjacent to an activating group) is 1. The summed E-state index contributed by atoms with van der Waals surface area (Å²) in [6.45, 7) is 9.68. The Morgan fingerprint density at radius 2 is 2.00 bits per heavy atom. The van der Waals surface area contributed by atoms with E-state index in [1.54, 1.807) is 0 Å². The number of rotatable bonds is 2. The van der Waals surface area contributed by atoms with Gasteiger partial charge in [-0.05, 0) is 6.08 Å². The molecule has 0 bridgehead atoms. The first-order chi connectivity index (χ1) is 4.77. The molecular formula is C8H17BrN2. The Hall–Kier alpha value is 0.140. The summed E-state index contributed by atoms with van der Waals surface area (Å²) < 4.78 is 1.16. The Morgan fingerprint density at radius 1 is 1.45 bits per heavy atom. The number of hydrogen-bond donors (Lipinski definition) is 1. The summed E-state index contributed by atoms with van der Waals surface area (Å²) in [5.74, 6) is 0. The predicted octanol–water partition coefficient (Wildman–Crippen LogP) is -2.77. The Bertz CT molecular complexity index is 119. The summed E-state index contributed by atoms with van der Waals surface area (Å²) in [5, 5.41) is 3.35. The molecule has 0 radical (unpaired) electrons. The van der Waals surface area contributed by atoms with Gasteiger partial charge >= 0.3 is 0 Å². The van der Waals surface area contributed by atoms with E-state index in [-0.39, 0.29) is 17.0 Å². The van der Waals surface area contributed by atoms with Crippen LogP contribution in [0.15, 0.2) is 12.7 Å². The molecule has 66 valence electrons. The first-order valence-corrected chi connectivity index (χ1v) is 3.92. The maximum atomic E-state index is 3.76. The molecule has 0 atom stereocenters. The molecule has 0 aromatic heterocycles. The Labute approximate surface area is 79.6 Å². The fraction of sp³-hybridized carbons (Fsp3) is 0.750. The molecule has 1 rings (SSSR count). The lowest BCUT2D eigenvalue weighted by atomic mass is 10.3. The van der Waals surface area contributed by atoms with E-state index in [0.717, 1.165) is 24.1 Å². The molecule has 0 amide bonds. The van der Waals surface area contributed by atoms with Crippen LogP contribution >= 0.6 is 0 Å². The third kappa shape index (κ3) is 3.36. The van der Waals surface area contributed by atoms with Crippen LogP contribution < -0.4 is 22.3 Å². The predicted molar refractivity (Wildman–Crippen MR) is 43.9 cm³/mol. The summed E-state index contributed by atoms with van der Waals surface area (Å²) in [5.41, 5.74) is 0. The van der Waals surface area contributed by atoms with E-state index in [1.807, 2.05) is 6.08 Å². The number of nitrogens with zero attached hydrogens (tertiary/aromatic N) is 1. The minimum absolute atomic E-state index is 0. The molecule has 0 aliphatic carbocycles. The summed E-state index contributed by atoms with van der Waals surface area (Å²) in [4.78, 5) is 0. The molecule has 11 heavy (non-hydrogen) atoms. The van der Waals surface area contributed by atoms with Gasteiger partial charge in [0.2, 0.25) is 0 Å².